The topological polar surface area (TPSA) is 105 Å². The number of hydrogen-bond acceptors (Lipinski definition) is 6. The number of fused-ring (bicyclic) bond motifs is 1. The maximum absolute atomic E-state index is 14.0. The van der Waals surface area contributed by atoms with Crippen molar-refractivity contribution in [2.75, 3.05) is 18.5 Å². The van der Waals surface area contributed by atoms with Crippen LogP contribution in [-0.4, -0.2) is 64.3 Å². The molecule has 2 N–H and O–H groups in total. The zero-order valence-electron chi connectivity index (χ0n) is 20.7. The molecule has 2 bridgehead atoms. The van der Waals surface area contributed by atoms with Crippen LogP contribution in [-0.2, 0) is 23.9 Å². The molecule has 1 spiro atoms. The fraction of sp³-hybridized carbons (Fsp3) is 0.654. The summed E-state index contributed by atoms with van der Waals surface area (Å²) in [6.07, 6.45) is 2.09. The van der Waals surface area contributed by atoms with E-state index in [1.54, 1.807) is 6.92 Å². The molecule has 4 rings (SSSR count). The number of carbonyl (C=O) groups excluding carboxylic acids is 3. The van der Waals surface area contributed by atoms with E-state index in [0.717, 1.165) is 11.1 Å². The summed E-state index contributed by atoms with van der Waals surface area (Å²) in [5.41, 5.74) is 0.582. The lowest BCUT2D eigenvalue weighted by Gasteiger charge is -2.37. The molecule has 0 radical (unpaired) electrons. The third-order valence-electron chi connectivity index (χ3n) is 8.21. The standard InChI is InChI=1S/C26H36N2O6/c1-6-17(14-29)28-21(22(30)27-20-15(4)10-9-11-16(20)5)26-13-12-25(7-2,34-26)19(18(26)23(28)31)24(32)33-8-3/h9-11,17-19,21,29H,6-8,12-14H2,1-5H3,(H,27,30)/t17-,18-,19-,21?,25+,26?/m0/s1. The van der Waals surface area contributed by atoms with Crippen LogP contribution in [0, 0.1) is 25.7 Å². The Labute approximate surface area is 201 Å². The van der Waals surface area contributed by atoms with Gasteiger partial charge in [-0.15, -0.1) is 0 Å². The number of para-hydroxylation sites is 1. The van der Waals surface area contributed by atoms with Crippen LogP contribution in [0.4, 0.5) is 5.69 Å². The zero-order chi connectivity index (χ0) is 24.8. The molecule has 3 saturated heterocycles. The smallest absolute Gasteiger partial charge is 0.312 e. The van der Waals surface area contributed by atoms with Gasteiger partial charge < -0.3 is 24.8 Å². The van der Waals surface area contributed by atoms with Crippen molar-refractivity contribution < 1.29 is 29.0 Å². The fourth-order valence-electron chi connectivity index (χ4n) is 6.56. The minimum atomic E-state index is -1.13. The van der Waals surface area contributed by atoms with Gasteiger partial charge >= 0.3 is 5.97 Å². The Morgan fingerprint density at radius 3 is 2.47 bits per heavy atom. The molecule has 3 fully saturated rings. The van der Waals surface area contributed by atoms with Crippen molar-refractivity contribution in [3.63, 3.8) is 0 Å². The zero-order valence-corrected chi connectivity index (χ0v) is 20.7. The van der Waals surface area contributed by atoms with Crippen molar-refractivity contribution in [1.29, 1.82) is 0 Å². The Hall–Kier alpha value is -2.45. The van der Waals surface area contributed by atoms with Gasteiger partial charge in [-0.05, 0) is 57.6 Å². The van der Waals surface area contributed by atoms with E-state index in [2.05, 4.69) is 5.32 Å². The number of esters is 1. The van der Waals surface area contributed by atoms with Crippen LogP contribution in [0.5, 0.6) is 0 Å². The molecule has 2 unspecified atom stereocenters. The SMILES string of the molecule is CCOC(=O)[C@@H]1[C@H]2C(=O)N([C@@H](CC)CO)C(C(=O)Nc3c(C)cccc3C)C23CC[C@@]1(CC)O3. The van der Waals surface area contributed by atoms with Crippen LogP contribution in [0.2, 0.25) is 0 Å². The third-order valence-corrected chi connectivity index (χ3v) is 8.21. The highest BCUT2D eigenvalue weighted by Gasteiger charge is 2.79. The fourth-order valence-corrected chi connectivity index (χ4v) is 6.56. The van der Waals surface area contributed by atoms with Gasteiger partial charge in [0, 0.05) is 5.69 Å². The lowest BCUT2D eigenvalue weighted by Crippen LogP contribution is -2.56. The Kier molecular flexibility index (Phi) is 6.50. The van der Waals surface area contributed by atoms with Gasteiger partial charge in [0.1, 0.15) is 17.6 Å². The summed E-state index contributed by atoms with van der Waals surface area (Å²) in [6.45, 7) is 9.33. The van der Waals surface area contributed by atoms with Gasteiger partial charge in [0.2, 0.25) is 11.8 Å². The molecule has 186 valence electrons. The van der Waals surface area contributed by atoms with Crippen LogP contribution in [0.3, 0.4) is 0 Å². The van der Waals surface area contributed by atoms with Crippen LogP contribution in [0.1, 0.15) is 57.6 Å². The summed E-state index contributed by atoms with van der Waals surface area (Å²) >= 11 is 0. The number of anilines is 1. The molecule has 2 amide bonds. The minimum absolute atomic E-state index is 0.206. The predicted octanol–water partition coefficient (Wildman–Crippen LogP) is 2.73. The first-order valence-electron chi connectivity index (χ1n) is 12.4. The van der Waals surface area contributed by atoms with E-state index in [4.69, 9.17) is 9.47 Å². The molecule has 34 heavy (non-hydrogen) atoms. The van der Waals surface area contributed by atoms with Crippen molar-refractivity contribution >= 4 is 23.5 Å². The molecule has 3 aliphatic heterocycles. The highest BCUT2D eigenvalue weighted by atomic mass is 16.6. The number of aliphatic hydroxyl groups excluding tert-OH is 1. The molecular weight excluding hydrogens is 436 g/mol. The summed E-state index contributed by atoms with van der Waals surface area (Å²) in [7, 11) is 0. The number of aryl methyl sites for hydroxylation is 2. The number of amides is 2. The Morgan fingerprint density at radius 1 is 1.24 bits per heavy atom. The summed E-state index contributed by atoms with van der Waals surface area (Å²) in [5, 5.41) is 13.2. The first-order valence-corrected chi connectivity index (χ1v) is 12.4. The predicted molar refractivity (Wildman–Crippen MR) is 126 cm³/mol. The summed E-state index contributed by atoms with van der Waals surface area (Å²) in [6, 6.07) is 4.27. The minimum Gasteiger partial charge on any atom is -0.466 e. The molecule has 1 aromatic rings. The van der Waals surface area contributed by atoms with Gasteiger partial charge in [0.05, 0.1) is 30.8 Å². The molecule has 0 aromatic heterocycles. The van der Waals surface area contributed by atoms with Crippen molar-refractivity contribution in [2.24, 2.45) is 11.8 Å². The first-order chi connectivity index (χ1) is 16.2. The Balaban J connectivity index is 1.81. The molecule has 1 aromatic carbocycles. The average Bonchev–Trinajstić information content (AvgIpc) is 3.41. The average molecular weight is 473 g/mol. The van der Waals surface area contributed by atoms with Gasteiger partial charge in [-0.25, -0.2) is 0 Å². The summed E-state index contributed by atoms with van der Waals surface area (Å²) in [4.78, 5) is 42.5. The second-order valence-corrected chi connectivity index (χ2v) is 9.83. The number of nitrogens with one attached hydrogen (secondary N) is 1. The van der Waals surface area contributed by atoms with Gasteiger partial charge in [0.25, 0.3) is 0 Å². The van der Waals surface area contributed by atoms with Crippen LogP contribution < -0.4 is 5.32 Å². The summed E-state index contributed by atoms with van der Waals surface area (Å²) in [5.74, 6) is -2.69. The highest BCUT2D eigenvalue weighted by molar-refractivity contribution is 6.04. The van der Waals surface area contributed by atoms with Gasteiger partial charge in [-0.3, -0.25) is 14.4 Å². The summed E-state index contributed by atoms with van der Waals surface area (Å²) < 4.78 is 12.1. The quantitative estimate of drug-likeness (QED) is 0.564. The number of ether oxygens (including phenoxy) is 2. The number of hydrogen-bond donors (Lipinski definition) is 2. The second kappa shape index (κ2) is 8.96. The molecule has 0 aliphatic carbocycles. The molecule has 0 saturated carbocycles. The maximum atomic E-state index is 14.0. The Morgan fingerprint density at radius 2 is 1.91 bits per heavy atom. The van der Waals surface area contributed by atoms with Crippen molar-refractivity contribution in [2.45, 2.75) is 83.6 Å². The van der Waals surface area contributed by atoms with E-state index >= 15 is 0 Å². The van der Waals surface area contributed by atoms with E-state index in [-0.39, 0.29) is 25.0 Å². The maximum Gasteiger partial charge on any atom is 0.312 e. The lowest BCUT2D eigenvalue weighted by atomic mass is 9.65. The Bertz CT molecular complexity index is 971. The molecule has 6 atom stereocenters. The van der Waals surface area contributed by atoms with Crippen molar-refractivity contribution in [1.82, 2.24) is 4.90 Å². The normalized spacial score (nSPS) is 32.6. The number of carbonyl (C=O) groups is 3. The van der Waals surface area contributed by atoms with Crippen LogP contribution in [0.15, 0.2) is 18.2 Å². The second-order valence-electron chi connectivity index (χ2n) is 9.83. The largest absolute Gasteiger partial charge is 0.466 e. The third kappa shape index (κ3) is 3.37. The van der Waals surface area contributed by atoms with E-state index in [9.17, 15) is 19.5 Å². The molecular formula is C26H36N2O6. The van der Waals surface area contributed by atoms with Crippen LogP contribution in [0.25, 0.3) is 0 Å². The number of rotatable bonds is 8. The van der Waals surface area contributed by atoms with E-state index < -0.39 is 41.1 Å². The molecule has 8 heteroatoms. The van der Waals surface area contributed by atoms with E-state index in [0.29, 0.717) is 31.4 Å². The van der Waals surface area contributed by atoms with Gasteiger partial charge in [-0.2, -0.15) is 0 Å². The number of benzene rings is 1. The monoisotopic (exact) mass is 472 g/mol. The van der Waals surface area contributed by atoms with Crippen LogP contribution >= 0.6 is 0 Å². The van der Waals surface area contributed by atoms with Crippen molar-refractivity contribution in [3.8, 4) is 0 Å². The molecule has 3 heterocycles. The van der Waals surface area contributed by atoms with E-state index in [1.807, 2.05) is 45.9 Å². The number of nitrogens with zero attached hydrogens (tertiary/aromatic N) is 1. The highest BCUT2D eigenvalue weighted by Crippen LogP contribution is 2.64. The van der Waals surface area contributed by atoms with E-state index in [1.165, 1.54) is 4.90 Å². The number of likely N-dealkylation sites (tertiary alicyclic amines) is 1. The van der Waals surface area contributed by atoms with Crippen molar-refractivity contribution in [3.05, 3.63) is 29.3 Å². The molecule has 3 aliphatic rings. The van der Waals surface area contributed by atoms with Gasteiger partial charge in [0.15, 0.2) is 0 Å². The first kappa shape index (κ1) is 24.7. The molecule has 8 nitrogen and oxygen atoms in total. The lowest BCUT2D eigenvalue weighted by molar-refractivity contribution is -0.161. The number of aliphatic hydroxyl groups is 1. The van der Waals surface area contributed by atoms with Gasteiger partial charge in [-0.1, -0.05) is 32.0 Å².